The van der Waals surface area contributed by atoms with Crippen LogP contribution in [0.25, 0.3) is 0 Å². The lowest BCUT2D eigenvalue weighted by Gasteiger charge is -2.31. The van der Waals surface area contributed by atoms with Gasteiger partial charge in [-0.05, 0) is 0 Å². The van der Waals surface area contributed by atoms with Crippen molar-refractivity contribution in [3.05, 3.63) is 23.8 Å². The van der Waals surface area contributed by atoms with Crippen molar-refractivity contribution in [3.63, 3.8) is 0 Å². The zero-order valence-electron chi connectivity index (χ0n) is 9.29. The molecule has 86 valence electrons. The number of nitrogens with zero attached hydrogens (tertiary/aromatic N) is 6. The van der Waals surface area contributed by atoms with Crippen molar-refractivity contribution < 1.29 is 4.39 Å². The second-order valence-corrected chi connectivity index (χ2v) is 3.82. The van der Waals surface area contributed by atoms with Crippen LogP contribution in [-0.2, 0) is 0 Å². The maximum absolute atomic E-state index is 13.4. The highest BCUT2D eigenvalue weighted by molar-refractivity contribution is 6.17. The summed E-state index contributed by atoms with van der Waals surface area (Å²) in [6, 6.07) is 0. The van der Waals surface area contributed by atoms with Crippen LogP contribution >= 0.6 is 0 Å². The summed E-state index contributed by atoms with van der Waals surface area (Å²) in [5.41, 5.74) is 0. The third-order valence-corrected chi connectivity index (χ3v) is 2.37. The highest BCUT2D eigenvalue weighted by Crippen LogP contribution is 2.24. The first-order valence-corrected chi connectivity index (χ1v) is 4.99. The first-order valence-electron chi connectivity index (χ1n) is 4.99. The topological polar surface area (TPSA) is 55.9 Å². The molecule has 0 aromatic rings. The molecule has 0 atom stereocenters. The average molecular weight is 232 g/mol. The van der Waals surface area contributed by atoms with Gasteiger partial charge in [-0.2, -0.15) is 9.98 Å². The SMILES string of the molecule is CN(C)C1=NC2=CC(F)=CC3=NC=NC(=N1)N23. The summed E-state index contributed by atoms with van der Waals surface area (Å²) < 4.78 is 13.4. The molecule has 0 aromatic heterocycles. The molecule has 0 aromatic carbocycles. The number of aliphatic imine (C=N–C) groups is 4. The summed E-state index contributed by atoms with van der Waals surface area (Å²) in [4.78, 5) is 19.9. The Morgan fingerprint density at radius 1 is 1.24 bits per heavy atom. The minimum atomic E-state index is -0.381. The van der Waals surface area contributed by atoms with Crippen molar-refractivity contribution in [1.29, 1.82) is 0 Å². The van der Waals surface area contributed by atoms with E-state index in [0.29, 0.717) is 23.6 Å². The Labute approximate surface area is 96.9 Å². The monoisotopic (exact) mass is 232 g/mol. The lowest BCUT2D eigenvalue weighted by molar-refractivity contribution is 0.586. The number of halogens is 1. The van der Waals surface area contributed by atoms with E-state index < -0.39 is 0 Å². The summed E-state index contributed by atoms with van der Waals surface area (Å²) in [7, 11) is 3.63. The predicted octanol–water partition coefficient (Wildman–Crippen LogP) is 0.724. The van der Waals surface area contributed by atoms with Crippen molar-refractivity contribution in [3.8, 4) is 0 Å². The van der Waals surface area contributed by atoms with Crippen molar-refractivity contribution in [2.24, 2.45) is 20.0 Å². The molecular formula is C10H9FN6. The fourth-order valence-electron chi connectivity index (χ4n) is 1.61. The number of rotatable bonds is 0. The van der Waals surface area contributed by atoms with Gasteiger partial charge in [0.2, 0.25) is 11.9 Å². The number of hydrogen-bond donors (Lipinski definition) is 0. The Morgan fingerprint density at radius 3 is 2.82 bits per heavy atom. The van der Waals surface area contributed by atoms with Gasteiger partial charge in [-0.25, -0.2) is 19.3 Å². The van der Waals surface area contributed by atoms with Gasteiger partial charge >= 0.3 is 0 Å². The van der Waals surface area contributed by atoms with Crippen molar-refractivity contribution >= 4 is 24.1 Å². The van der Waals surface area contributed by atoms with Gasteiger partial charge in [0.15, 0.2) is 0 Å². The lowest BCUT2D eigenvalue weighted by Crippen LogP contribution is -2.42. The standard InChI is InChI=1S/C10H9FN6/c1-16(2)10-14-8-4-6(11)3-7-12-5-13-9(15-10)17(7)8/h3-5H,1-2H3. The van der Waals surface area contributed by atoms with Gasteiger partial charge in [-0.1, -0.05) is 0 Å². The molecule has 3 aliphatic rings. The Bertz CT molecular complexity index is 563. The maximum atomic E-state index is 13.4. The van der Waals surface area contributed by atoms with Gasteiger partial charge in [0.25, 0.3) is 0 Å². The van der Waals surface area contributed by atoms with Gasteiger partial charge in [0.1, 0.15) is 23.8 Å². The Morgan fingerprint density at radius 2 is 2.06 bits per heavy atom. The second-order valence-electron chi connectivity index (χ2n) is 3.82. The fraction of sp³-hybridized carbons (Fsp3) is 0.200. The van der Waals surface area contributed by atoms with Gasteiger partial charge in [0, 0.05) is 26.2 Å². The van der Waals surface area contributed by atoms with Gasteiger partial charge in [0.05, 0.1) is 0 Å². The molecule has 17 heavy (non-hydrogen) atoms. The van der Waals surface area contributed by atoms with E-state index in [1.54, 1.807) is 9.80 Å². The molecule has 0 N–H and O–H groups in total. The summed E-state index contributed by atoms with van der Waals surface area (Å²) in [6.45, 7) is 0. The molecule has 0 saturated carbocycles. The van der Waals surface area contributed by atoms with Crippen LogP contribution in [0.4, 0.5) is 4.39 Å². The smallest absolute Gasteiger partial charge is 0.241 e. The van der Waals surface area contributed by atoms with Gasteiger partial charge in [-0.15, -0.1) is 0 Å². The van der Waals surface area contributed by atoms with E-state index in [9.17, 15) is 4.39 Å². The van der Waals surface area contributed by atoms with E-state index in [1.165, 1.54) is 18.5 Å². The van der Waals surface area contributed by atoms with E-state index in [1.807, 2.05) is 14.1 Å². The fourth-order valence-corrected chi connectivity index (χ4v) is 1.61. The van der Waals surface area contributed by atoms with Crippen LogP contribution < -0.4 is 0 Å². The van der Waals surface area contributed by atoms with E-state index in [2.05, 4.69) is 20.0 Å². The van der Waals surface area contributed by atoms with Crippen LogP contribution in [0.15, 0.2) is 43.8 Å². The molecule has 0 unspecified atom stereocenters. The first-order chi connectivity index (χ1) is 8.15. The van der Waals surface area contributed by atoms with Crippen LogP contribution in [0.5, 0.6) is 0 Å². The molecule has 0 spiro atoms. The molecule has 0 amide bonds. The minimum absolute atomic E-state index is 0.381. The average Bonchev–Trinajstić information content (AvgIpc) is 2.28. The quantitative estimate of drug-likeness (QED) is 0.618. The molecule has 0 fully saturated rings. The number of guanidine groups is 2. The molecule has 3 rings (SSSR count). The highest BCUT2D eigenvalue weighted by atomic mass is 19.1. The van der Waals surface area contributed by atoms with Crippen LogP contribution in [-0.4, -0.2) is 48.0 Å². The van der Waals surface area contributed by atoms with Crippen LogP contribution in [0, 0.1) is 0 Å². The molecule has 0 bridgehead atoms. The minimum Gasteiger partial charge on any atom is -0.347 e. The zero-order valence-corrected chi connectivity index (χ0v) is 9.29. The third-order valence-electron chi connectivity index (χ3n) is 2.37. The molecule has 6 nitrogen and oxygen atoms in total. The molecule has 0 saturated heterocycles. The normalized spacial score (nSPS) is 20.9. The second kappa shape index (κ2) is 3.34. The number of hydrogen-bond acceptors (Lipinski definition) is 6. The van der Waals surface area contributed by atoms with E-state index in [0.717, 1.165) is 0 Å². The van der Waals surface area contributed by atoms with E-state index >= 15 is 0 Å². The van der Waals surface area contributed by atoms with Crippen LogP contribution in [0.1, 0.15) is 0 Å². The summed E-state index contributed by atoms with van der Waals surface area (Å²) in [5.74, 6) is 1.43. The molecule has 3 heterocycles. The van der Waals surface area contributed by atoms with Crippen LogP contribution in [0.2, 0.25) is 0 Å². The van der Waals surface area contributed by atoms with Crippen molar-refractivity contribution in [2.45, 2.75) is 0 Å². The van der Waals surface area contributed by atoms with Gasteiger partial charge in [-0.3, -0.25) is 0 Å². The Kier molecular flexibility index (Phi) is 1.94. The largest absolute Gasteiger partial charge is 0.347 e. The van der Waals surface area contributed by atoms with Crippen molar-refractivity contribution in [2.75, 3.05) is 14.1 Å². The zero-order chi connectivity index (χ0) is 12.0. The Hall–Kier alpha value is -2.31. The highest BCUT2D eigenvalue weighted by Gasteiger charge is 2.30. The maximum Gasteiger partial charge on any atom is 0.241 e. The lowest BCUT2D eigenvalue weighted by atomic mass is 10.2. The molecule has 3 aliphatic heterocycles. The number of allylic oxidation sites excluding steroid dienone is 2. The number of amidine groups is 1. The predicted molar refractivity (Wildman–Crippen MR) is 63.6 cm³/mol. The van der Waals surface area contributed by atoms with Crippen LogP contribution in [0.3, 0.4) is 0 Å². The Balaban J connectivity index is 2.16. The molecular weight excluding hydrogens is 223 g/mol. The van der Waals surface area contributed by atoms with Gasteiger partial charge < -0.3 is 4.90 Å². The third kappa shape index (κ3) is 1.47. The summed E-state index contributed by atoms with van der Waals surface area (Å²) >= 11 is 0. The van der Waals surface area contributed by atoms with E-state index in [4.69, 9.17) is 0 Å². The molecule has 0 aliphatic carbocycles. The van der Waals surface area contributed by atoms with Crippen molar-refractivity contribution in [1.82, 2.24) is 9.80 Å². The molecule has 7 heteroatoms. The molecule has 0 radical (unpaired) electrons. The summed E-state index contributed by atoms with van der Waals surface area (Å²) in [5, 5.41) is 0. The summed E-state index contributed by atoms with van der Waals surface area (Å²) in [6.07, 6.45) is 4.01. The van der Waals surface area contributed by atoms with E-state index in [-0.39, 0.29) is 5.83 Å². The first kappa shape index (κ1) is 9.88.